The number of hydrogen-bond acceptors (Lipinski definition) is 6. The van der Waals surface area contributed by atoms with Crippen LogP contribution in [0.3, 0.4) is 0 Å². The zero-order valence-corrected chi connectivity index (χ0v) is 39.2. The SMILES string of the molecule is C=C(C)[C@@H]1CC[C@]2(C(=O)NC3C[C@H](C(=O)N4CCCC4)C3(C)C)CC[C@@]3(C)C4CC[C@H]5C(C)(C)[C@@H](OC(=O)CC(C)(C)C(=O)OCCCC)CC[C@]5(C)[C@H]4CC[C@]3(C)C12. The first-order chi connectivity index (χ1) is 27.5. The van der Waals surface area contributed by atoms with Gasteiger partial charge in [-0.2, -0.15) is 0 Å². The molecule has 1 heterocycles. The average Bonchev–Trinajstić information content (AvgIpc) is 3.85. The highest BCUT2D eigenvalue weighted by Crippen LogP contribution is 2.78. The van der Waals surface area contributed by atoms with Crippen molar-refractivity contribution < 1.29 is 28.7 Å². The predicted molar refractivity (Wildman–Crippen MR) is 233 cm³/mol. The topological polar surface area (TPSA) is 102 Å². The van der Waals surface area contributed by atoms with E-state index in [1.54, 1.807) is 13.8 Å². The van der Waals surface area contributed by atoms with Crippen LogP contribution in [0.2, 0.25) is 0 Å². The lowest BCUT2D eigenvalue weighted by Gasteiger charge is -2.72. The van der Waals surface area contributed by atoms with Gasteiger partial charge in [0.25, 0.3) is 0 Å². The molecule has 0 spiro atoms. The van der Waals surface area contributed by atoms with Crippen molar-refractivity contribution in [2.75, 3.05) is 19.7 Å². The lowest BCUT2D eigenvalue weighted by atomic mass is 9.33. The van der Waals surface area contributed by atoms with Gasteiger partial charge in [0.1, 0.15) is 6.10 Å². The minimum Gasteiger partial charge on any atom is -0.465 e. The summed E-state index contributed by atoms with van der Waals surface area (Å²) in [6, 6.07) is 0.0221. The monoisotopic (exact) mass is 819 g/mol. The van der Waals surface area contributed by atoms with E-state index < -0.39 is 10.8 Å². The Labute approximate surface area is 357 Å². The number of nitrogens with one attached hydrogen (secondary N) is 1. The van der Waals surface area contributed by atoms with Crippen molar-refractivity contribution in [1.29, 1.82) is 0 Å². The number of carbonyl (C=O) groups is 4. The van der Waals surface area contributed by atoms with Gasteiger partial charge in [0.2, 0.25) is 11.8 Å². The van der Waals surface area contributed by atoms with Gasteiger partial charge in [-0.1, -0.05) is 74.0 Å². The van der Waals surface area contributed by atoms with Crippen LogP contribution in [0.15, 0.2) is 12.2 Å². The van der Waals surface area contributed by atoms with Crippen molar-refractivity contribution in [2.24, 2.45) is 73.4 Å². The highest BCUT2D eigenvalue weighted by atomic mass is 16.5. The Morgan fingerprint density at radius 2 is 1.51 bits per heavy atom. The number of likely N-dealkylation sites (tertiary alicyclic amines) is 1. The van der Waals surface area contributed by atoms with E-state index in [4.69, 9.17) is 9.47 Å². The second-order valence-corrected chi connectivity index (χ2v) is 23.9. The third kappa shape index (κ3) is 6.96. The van der Waals surface area contributed by atoms with E-state index in [0.29, 0.717) is 30.3 Å². The summed E-state index contributed by atoms with van der Waals surface area (Å²) in [5, 5.41) is 3.65. The molecule has 59 heavy (non-hydrogen) atoms. The smallest absolute Gasteiger partial charge is 0.312 e. The molecule has 0 bridgehead atoms. The number of carbonyl (C=O) groups excluding carboxylic acids is 4. The molecule has 6 aliphatic carbocycles. The maximum absolute atomic E-state index is 15.1. The number of amides is 2. The Bertz CT molecular complexity index is 1680. The Balaban J connectivity index is 1.07. The number of fused-ring (bicyclic) bond motifs is 7. The van der Waals surface area contributed by atoms with Gasteiger partial charge in [0.15, 0.2) is 0 Å². The summed E-state index contributed by atoms with van der Waals surface area (Å²) in [5.41, 5.74) is -0.299. The van der Waals surface area contributed by atoms with E-state index in [1.807, 2.05) is 0 Å². The van der Waals surface area contributed by atoms with Crippen LogP contribution in [-0.4, -0.2) is 60.5 Å². The van der Waals surface area contributed by atoms with E-state index in [0.717, 1.165) is 96.6 Å². The molecule has 6 saturated carbocycles. The Morgan fingerprint density at radius 3 is 2.15 bits per heavy atom. The van der Waals surface area contributed by atoms with E-state index >= 15 is 4.79 Å². The second kappa shape index (κ2) is 15.5. The van der Waals surface area contributed by atoms with E-state index in [9.17, 15) is 14.4 Å². The van der Waals surface area contributed by atoms with Crippen LogP contribution in [0, 0.1) is 73.4 Å². The highest BCUT2D eigenvalue weighted by molar-refractivity contribution is 5.86. The van der Waals surface area contributed by atoms with Crippen LogP contribution in [-0.2, 0) is 28.7 Å². The molecule has 0 radical (unpaired) electrons. The Hall–Kier alpha value is -2.38. The molecule has 8 nitrogen and oxygen atoms in total. The van der Waals surface area contributed by atoms with Crippen LogP contribution >= 0.6 is 0 Å². The molecular formula is C51H82N2O6. The van der Waals surface area contributed by atoms with Crippen molar-refractivity contribution >= 4 is 23.8 Å². The normalized spacial score (nSPS) is 41.9. The van der Waals surface area contributed by atoms with Gasteiger partial charge >= 0.3 is 11.9 Å². The maximum Gasteiger partial charge on any atom is 0.312 e. The summed E-state index contributed by atoms with van der Waals surface area (Å²) in [7, 11) is 0. The standard InChI is InChI=1S/C51H82N2O6/c1-13-14-29-58-44(57)45(4,5)31-40(54)59-39-21-22-48(10)34-20-23-50(12)41-33(32(2)3)19-24-51(41,26-25-49(50,11)35(34)17-18-37(48)47(39,8)9)43(56)52-38-30-36(46(38,6)7)42(55)53-27-15-16-28-53/h33-39,41H,2,13-31H2,1,3-12H3,(H,52,56)/t33-,34-,35?,36+,37-,38?,39-,41?,48+,49-,50+,51-/m0/s1. The predicted octanol–water partition coefficient (Wildman–Crippen LogP) is 10.5. The summed E-state index contributed by atoms with van der Waals surface area (Å²) in [4.78, 5) is 57.0. The van der Waals surface area contributed by atoms with Crippen LogP contribution in [0.4, 0.5) is 0 Å². The molecule has 7 rings (SSSR count). The molecule has 0 aromatic heterocycles. The van der Waals surface area contributed by atoms with Gasteiger partial charge < -0.3 is 19.7 Å². The summed E-state index contributed by atoms with van der Waals surface area (Å²) >= 11 is 0. The molecule has 7 fully saturated rings. The van der Waals surface area contributed by atoms with Crippen molar-refractivity contribution in [3.63, 3.8) is 0 Å². The number of allylic oxidation sites excluding steroid dienone is 1. The minimum absolute atomic E-state index is 0.00317. The van der Waals surface area contributed by atoms with Crippen molar-refractivity contribution in [1.82, 2.24) is 10.2 Å². The molecule has 8 heteroatoms. The Morgan fingerprint density at radius 1 is 0.814 bits per heavy atom. The molecule has 3 unspecified atom stereocenters. The summed E-state index contributed by atoms with van der Waals surface area (Å²) in [6.07, 6.45) is 15.0. The Kier molecular flexibility index (Phi) is 11.7. The average molecular weight is 819 g/mol. The van der Waals surface area contributed by atoms with Gasteiger partial charge in [-0.05, 0) is 162 Å². The van der Waals surface area contributed by atoms with Crippen LogP contribution in [0.25, 0.3) is 0 Å². The highest BCUT2D eigenvalue weighted by Gasteiger charge is 2.73. The molecule has 0 aromatic carbocycles. The van der Waals surface area contributed by atoms with Gasteiger partial charge in [-0.3, -0.25) is 19.2 Å². The lowest BCUT2D eigenvalue weighted by Crippen LogP contribution is -2.68. The number of ether oxygens (including phenoxy) is 2. The number of hydrogen-bond donors (Lipinski definition) is 1. The molecule has 12 atom stereocenters. The summed E-state index contributed by atoms with van der Waals surface area (Å²) in [5.74, 6) is 2.07. The number of rotatable bonds is 11. The van der Waals surface area contributed by atoms with Crippen molar-refractivity contribution in [2.45, 2.75) is 191 Å². The summed E-state index contributed by atoms with van der Waals surface area (Å²) in [6.45, 7) is 31.4. The molecular weight excluding hydrogens is 737 g/mol. The first-order valence-corrected chi connectivity index (χ1v) is 24.1. The minimum atomic E-state index is -0.925. The van der Waals surface area contributed by atoms with Crippen LogP contribution in [0.1, 0.15) is 179 Å². The first kappa shape index (κ1) is 44.7. The maximum atomic E-state index is 15.1. The van der Waals surface area contributed by atoms with E-state index in [1.165, 1.54) is 18.4 Å². The number of unbranched alkanes of at least 4 members (excludes halogenated alkanes) is 1. The lowest BCUT2D eigenvalue weighted by molar-refractivity contribution is -0.240. The second-order valence-electron chi connectivity index (χ2n) is 23.9. The quantitative estimate of drug-likeness (QED) is 0.127. The van der Waals surface area contributed by atoms with E-state index in [2.05, 4.69) is 79.1 Å². The molecule has 1 aliphatic heterocycles. The molecule has 0 aromatic rings. The van der Waals surface area contributed by atoms with Gasteiger partial charge in [0.05, 0.1) is 23.9 Å². The summed E-state index contributed by atoms with van der Waals surface area (Å²) < 4.78 is 11.9. The largest absolute Gasteiger partial charge is 0.465 e. The van der Waals surface area contributed by atoms with Gasteiger partial charge in [-0.15, -0.1) is 0 Å². The zero-order chi connectivity index (χ0) is 43.1. The molecule has 7 aliphatic rings. The van der Waals surface area contributed by atoms with Crippen molar-refractivity contribution in [3.05, 3.63) is 12.2 Å². The number of nitrogens with zero attached hydrogens (tertiary/aromatic N) is 1. The molecule has 1 N–H and O–H groups in total. The van der Waals surface area contributed by atoms with Crippen LogP contribution < -0.4 is 5.32 Å². The molecule has 332 valence electrons. The van der Waals surface area contributed by atoms with Gasteiger partial charge in [-0.25, -0.2) is 0 Å². The zero-order valence-electron chi connectivity index (χ0n) is 39.2. The number of esters is 2. The fourth-order valence-corrected chi connectivity index (χ4v) is 15.9. The van der Waals surface area contributed by atoms with E-state index in [-0.39, 0.29) is 81.2 Å². The molecule has 2 amide bonds. The fourth-order valence-electron chi connectivity index (χ4n) is 15.9. The van der Waals surface area contributed by atoms with Crippen molar-refractivity contribution in [3.8, 4) is 0 Å². The van der Waals surface area contributed by atoms with Crippen LogP contribution in [0.5, 0.6) is 0 Å². The third-order valence-electron chi connectivity index (χ3n) is 19.9. The molecule has 1 saturated heterocycles. The first-order valence-electron chi connectivity index (χ1n) is 24.1. The fraction of sp³-hybridized carbons (Fsp3) is 0.882. The third-order valence-corrected chi connectivity index (χ3v) is 19.9. The van der Waals surface area contributed by atoms with Gasteiger partial charge in [0, 0.05) is 30.5 Å².